The van der Waals surface area contributed by atoms with Crippen molar-refractivity contribution in [2.45, 2.75) is 70.4 Å². The van der Waals surface area contributed by atoms with Gasteiger partial charge in [0.15, 0.2) is 0 Å². The van der Waals surface area contributed by atoms with Crippen LogP contribution in [0.2, 0.25) is 0 Å². The zero-order valence-corrected chi connectivity index (χ0v) is 12.0. The fourth-order valence-electron chi connectivity index (χ4n) is 2.55. The Kier molecular flexibility index (Phi) is 6.67. The molecule has 1 unspecified atom stereocenters. The molecule has 0 aromatic carbocycles. The number of rotatable bonds is 6. The number of nitrogens with one attached hydrogen (secondary N) is 1. The normalized spacial score (nSPS) is 17.8. The van der Waals surface area contributed by atoms with Gasteiger partial charge in [0.1, 0.15) is 6.04 Å². The van der Waals surface area contributed by atoms with Crippen LogP contribution in [0.5, 0.6) is 0 Å². The van der Waals surface area contributed by atoms with Crippen LogP contribution in [0.3, 0.4) is 0 Å². The Morgan fingerprint density at radius 3 is 2.47 bits per heavy atom. The van der Waals surface area contributed by atoms with E-state index in [9.17, 15) is 9.59 Å². The predicted molar refractivity (Wildman–Crippen MR) is 74.1 cm³/mol. The Bertz CT molecular complexity index is 301. The van der Waals surface area contributed by atoms with Crippen LogP contribution >= 0.6 is 0 Å². The van der Waals surface area contributed by atoms with Gasteiger partial charge in [-0.2, -0.15) is 0 Å². The number of aliphatic carboxylic acids is 1. The number of carboxylic acids is 1. The van der Waals surface area contributed by atoms with Gasteiger partial charge in [-0.15, -0.1) is 0 Å². The molecule has 19 heavy (non-hydrogen) atoms. The summed E-state index contributed by atoms with van der Waals surface area (Å²) in [6.45, 7) is 2.01. The molecule has 0 aromatic heterocycles. The summed E-state index contributed by atoms with van der Waals surface area (Å²) in [5.74, 6) is -0.946. The number of hydrogen-bond acceptors (Lipinski definition) is 2. The van der Waals surface area contributed by atoms with Crippen LogP contribution in [-0.4, -0.2) is 41.1 Å². The molecule has 2 N–H and O–H groups in total. The second-order valence-electron chi connectivity index (χ2n) is 5.39. The first-order chi connectivity index (χ1) is 9.06. The van der Waals surface area contributed by atoms with Crippen molar-refractivity contribution in [2.24, 2.45) is 0 Å². The fraction of sp³-hybridized carbons (Fsp3) is 0.857. The van der Waals surface area contributed by atoms with Crippen LogP contribution in [0.4, 0.5) is 4.79 Å². The molecule has 1 aliphatic carbocycles. The van der Waals surface area contributed by atoms with Gasteiger partial charge in [-0.1, -0.05) is 39.0 Å². The Labute approximate surface area is 115 Å². The molecule has 5 nitrogen and oxygen atoms in total. The van der Waals surface area contributed by atoms with E-state index < -0.39 is 12.0 Å². The molecule has 0 aliphatic heterocycles. The largest absolute Gasteiger partial charge is 0.480 e. The van der Waals surface area contributed by atoms with Crippen LogP contribution in [0, 0.1) is 0 Å². The molecule has 1 fully saturated rings. The quantitative estimate of drug-likeness (QED) is 0.779. The van der Waals surface area contributed by atoms with Gasteiger partial charge in [-0.25, -0.2) is 9.59 Å². The van der Waals surface area contributed by atoms with E-state index in [1.54, 1.807) is 11.9 Å². The summed E-state index contributed by atoms with van der Waals surface area (Å²) in [6.07, 6.45) is 7.83. The van der Waals surface area contributed by atoms with Crippen LogP contribution < -0.4 is 5.32 Å². The summed E-state index contributed by atoms with van der Waals surface area (Å²) in [5.41, 5.74) is 0. The number of carbonyl (C=O) groups is 2. The SMILES string of the molecule is CCCCC(NC(=O)N(C)C1CCCCC1)C(=O)O. The molecule has 0 spiro atoms. The summed E-state index contributed by atoms with van der Waals surface area (Å²) in [6, 6.07) is -0.761. The molecule has 1 atom stereocenters. The van der Waals surface area contributed by atoms with Crippen molar-refractivity contribution in [3.63, 3.8) is 0 Å². The number of unbranched alkanes of at least 4 members (excludes halogenated alkanes) is 1. The lowest BCUT2D eigenvalue weighted by Gasteiger charge is -2.32. The van der Waals surface area contributed by atoms with Gasteiger partial charge in [0.25, 0.3) is 0 Å². The molecule has 2 amide bonds. The summed E-state index contributed by atoms with van der Waals surface area (Å²) in [7, 11) is 1.77. The highest BCUT2D eigenvalue weighted by atomic mass is 16.4. The molecule has 0 bridgehead atoms. The smallest absolute Gasteiger partial charge is 0.326 e. The van der Waals surface area contributed by atoms with Crippen molar-refractivity contribution in [1.29, 1.82) is 0 Å². The average molecular weight is 270 g/mol. The number of amides is 2. The van der Waals surface area contributed by atoms with E-state index in [1.807, 2.05) is 6.92 Å². The van der Waals surface area contributed by atoms with Crippen molar-refractivity contribution in [1.82, 2.24) is 10.2 Å². The zero-order valence-electron chi connectivity index (χ0n) is 12.0. The number of urea groups is 1. The van der Waals surface area contributed by atoms with Crippen molar-refractivity contribution in [2.75, 3.05) is 7.05 Å². The Balaban J connectivity index is 2.47. The molecule has 0 saturated heterocycles. The van der Waals surface area contributed by atoms with Crippen molar-refractivity contribution >= 4 is 12.0 Å². The zero-order chi connectivity index (χ0) is 14.3. The van der Waals surface area contributed by atoms with E-state index in [-0.39, 0.29) is 12.1 Å². The number of carbonyl (C=O) groups excluding carboxylic acids is 1. The van der Waals surface area contributed by atoms with Gasteiger partial charge in [0.05, 0.1) is 0 Å². The maximum atomic E-state index is 12.1. The third-order valence-electron chi connectivity index (χ3n) is 3.88. The topological polar surface area (TPSA) is 69.6 Å². The first-order valence-corrected chi connectivity index (χ1v) is 7.32. The van der Waals surface area contributed by atoms with E-state index >= 15 is 0 Å². The van der Waals surface area contributed by atoms with Gasteiger partial charge in [0.2, 0.25) is 0 Å². The molecule has 1 aliphatic rings. The summed E-state index contributed by atoms with van der Waals surface area (Å²) in [5, 5.41) is 11.7. The highest BCUT2D eigenvalue weighted by Crippen LogP contribution is 2.21. The minimum Gasteiger partial charge on any atom is -0.480 e. The Morgan fingerprint density at radius 2 is 1.95 bits per heavy atom. The number of hydrogen-bond donors (Lipinski definition) is 2. The van der Waals surface area contributed by atoms with E-state index in [0.29, 0.717) is 6.42 Å². The summed E-state index contributed by atoms with van der Waals surface area (Å²) >= 11 is 0. The molecular weight excluding hydrogens is 244 g/mol. The van der Waals surface area contributed by atoms with Crippen LogP contribution in [-0.2, 0) is 4.79 Å². The van der Waals surface area contributed by atoms with Crippen molar-refractivity contribution < 1.29 is 14.7 Å². The van der Waals surface area contributed by atoms with E-state index in [0.717, 1.165) is 38.5 Å². The standard InChI is InChI=1S/C14H26N2O3/c1-3-4-10-12(13(17)18)15-14(19)16(2)11-8-6-5-7-9-11/h11-12H,3-10H2,1-2H3,(H,15,19)(H,17,18). The fourth-order valence-corrected chi connectivity index (χ4v) is 2.55. The highest BCUT2D eigenvalue weighted by molar-refractivity contribution is 5.82. The third-order valence-corrected chi connectivity index (χ3v) is 3.88. The maximum absolute atomic E-state index is 12.1. The molecule has 1 saturated carbocycles. The Morgan fingerprint density at radius 1 is 1.32 bits per heavy atom. The third kappa shape index (κ3) is 5.09. The molecule has 5 heteroatoms. The van der Waals surface area contributed by atoms with Gasteiger partial charge < -0.3 is 15.3 Å². The molecular formula is C14H26N2O3. The minimum absolute atomic E-state index is 0.254. The lowest BCUT2D eigenvalue weighted by Crippen LogP contribution is -2.50. The number of nitrogens with zero attached hydrogens (tertiary/aromatic N) is 1. The van der Waals surface area contributed by atoms with Crippen LogP contribution in [0.25, 0.3) is 0 Å². The van der Waals surface area contributed by atoms with Gasteiger partial charge in [-0.3, -0.25) is 0 Å². The Hall–Kier alpha value is -1.26. The van der Waals surface area contributed by atoms with E-state index in [2.05, 4.69) is 5.32 Å². The van der Waals surface area contributed by atoms with Gasteiger partial charge in [0, 0.05) is 13.1 Å². The molecule has 0 heterocycles. The lowest BCUT2D eigenvalue weighted by molar-refractivity contribution is -0.139. The number of carboxylic acid groups (broad SMARTS) is 1. The second-order valence-corrected chi connectivity index (χ2v) is 5.39. The molecule has 0 aromatic rings. The molecule has 0 radical (unpaired) electrons. The average Bonchev–Trinajstić information content (AvgIpc) is 2.43. The first kappa shape index (κ1) is 15.8. The second kappa shape index (κ2) is 8.02. The lowest BCUT2D eigenvalue weighted by atomic mass is 9.95. The predicted octanol–water partition coefficient (Wildman–Crippen LogP) is 2.60. The van der Waals surface area contributed by atoms with Gasteiger partial charge in [-0.05, 0) is 19.3 Å². The van der Waals surface area contributed by atoms with Crippen molar-refractivity contribution in [3.8, 4) is 0 Å². The monoisotopic (exact) mass is 270 g/mol. The van der Waals surface area contributed by atoms with E-state index in [4.69, 9.17) is 5.11 Å². The van der Waals surface area contributed by atoms with Crippen LogP contribution in [0.15, 0.2) is 0 Å². The summed E-state index contributed by atoms with van der Waals surface area (Å²) in [4.78, 5) is 24.9. The highest BCUT2D eigenvalue weighted by Gasteiger charge is 2.25. The first-order valence-electron chi connectivity index (χ1n) is 7.32. The molecule has 110 valence electrons. The minimum atomic E-state index is -0.946. The molecule has 1 rings (SSSR count). The summed E-state index contributed by atoms with van der Waals surface area (Å²) < 4.78 is 0. The van der Waals surface area contributed by atoms with Gasteiger partial charge >= 0.3 is 12.0 Å². The maximum Gasteiger partial charge on any atom is 0.326 e. The van der Waals surface area contributed by atoms with Crippen molar-refractivity contribution in [3.05, 3.63) is 0 Å². The van der Waals surface area contributed by atoms with Crippen LogP contribution in [0.1, 0.15) is 58.3 Å². The van der Waals surface area contributed by atoms with E-state index in [1.165, 1.54) is 6.42 Å².